The molecule has 17 heteroatoms. The largest absolute Gasteiger partial charge is 0.481 e. The van der Waals surface area contributed by atoms with Crippen molar-refractivity contribution in [3.63, 3.8) is 0 Å². The third kappa shape index (κ3) is 11.4. The van der Waals surface area contributed by atoms with Gasteiger partial charge in [0.05, 0.1) is 29.8 Å². The van der Waals surface area contributed by atoms with Crippen LogP contribution in [0, 0.1) is 29.1 Å². The van der Waals surface area contributed by atoms with Crippen molar-refractivity contribution < 1.29 is 46.8 Å². The van der Waals surface area contributed by atoms with Crippen LogP contribution in [0.15, 0.2) is 48.5 Å². The summed E-state index contributed by atoms with van der Waals surface area (Å²) in [6.45, 7) is 17.4. The number of nitrogens with two attached hydrogens (primary N) is 1. The number of hydrogen-bond acceptors (Lipinski definition) is 9. The standard InChI is InChI=1S/C50H74BF3N6O7/c1-10-11-14-32-16-18-33(19-17-32)34-20-22-35(23-21-34)42(50(52,53)54)58-38(15-12-13-24-55)44(63)59-41(30(5)61)45(64)56-29(4)43(62)60-49(27-37(49)28(2)3)46(65)57-31(6)51-66-40-26-36-25-39(47(36,7)8)48(40,9)67-51/h16-23,28-31,36-42,58,61H,10-15,24-27,55H2,1-9H3,(H,56,64)(H,57,65)(H,59,63)(H,60,62)/t29-,30+,31-,36-,37?,38-,39-,40+,41-,42?,48-,49?/m0/s1. The van der Waals surface area contributed by atoms with Gasteiger partial charge in [-0.25, -0.2) is 0 Å². The van der Waals surface area contributed by atoms with E-state index in [0.717, 1.165) is 43.2 Å². The van der Waals surface area contributed by atoms with E-state index in [2.05, 4.69) is 54.3 Å². The summed E-state index contributed by atoms with van der Waals surface area (Å²) in [7, 11) is -0.672. The second-order valence-electron chi connectivity index (χ2n) is 21.0. The lowest BCUT2D eigenvalue weighted by Crippen LogP contribution is -2.65. The van der Waals surface area contributed by atoms with Gasteiger partial charge in [0.25, 0.3) is 0 Å². The van der Waals surface area contributed by atoms with Crippen LogP contribution in [0.1, 0.15) is 131 Å². The maximum Gasteiger partial charge on any atom is 0.481 e. The summed E-state index contributed by atoms with van der Waals surface area (Å²) >= 11 is 0. The Morgan fingerprint density at radius 2 is 1.51 bits per heavy atom. The number of carbonyl (C=O) groups excluding carboxylic acids is 4. The van der Waals surface area contributed by atoms with Gasteiger partial charge in [0, 0.05) is 0 Å². The third-order valence-electron chi connectivity index (χ3n) is 15.4. The molecule has 7 rings (SSSR count). The molecule has 0 spiro atoms. The molecule has 3 unspecified atom stereocenters. The van der Waals surface area contributed by atoms with Crippen molar-refractivity contribution in [3.8, 4) is 11.1 Å². The first-order valence-corrected chi connectivity index (χ1v) is 24.4. The van der Waals surface area contributed by atoms with E-state index < -0.39 is 84.3 Å². The first-order valence-electron chi connectivity index (χ1n) is 24.4. The number of unbranched alkanes of at least 4 members (excludes halogenated alkanes) is 2. The maximum absolute atomic E-state index is 14.8. The zero-order valence-corrected chi connectivity index (χ0v) is 40.7. The van der Waals surface area contributed by atoms with E-state index in [1.807, 2.05) is 45.0 Å². The molecule has 1 saturated heterocycles. The minimum Gasteiger partial charge on any atom is -0.404 e. The Balaban J connectivity index is 1.09. The molecule has 4 saturated carbocycles. The summed E-state index contributed by atoms with van der Waals surface area (Å²) in [4.78, 5) is 55.5. The fourth-order valence-corrected chi connectivity index (χ4v) is 10.9. The molecule has 5 aliphatic rings. The summed E-state index contributed by atoms with van der Waals surface area (Å²) in [5.41, 5.74) is 6.77. The minimum absolute atomic E-state index is 0.0246. The number of rotatable bonds is 22. The van der Waals surface area contributed by atoms with Crippen LogP contribution in [0.5, 0.6) is 0 Å². The van der Waals surface area contributed by atoms with E-state index in [1.54, 1.807) is 12.1 Å². The van der Waals surface area contributed by atoms with Crippen molar-refractivity contribution in [3.05, 3.63) is 59.7 Å². The van der Waals surface area contributed by atoms with E-state index in [9.17, 15) is 37.5 Å². The number of amides is 4. The van der Waals surface area contributed by atoms with Gasteiger partial charge in [-0.15, -0.1) is 0 Å². The molecule has 1 heterocycles. The van der Waals surface area contributed by atoms with Gasteiger partial charge in [-0.3, -0.25) is 24.5 Å². The number of benzene rings is 2. The smallest absolute Gasteiger partial charge is 0.404 e. The highest BCUT2D eigenvalue weighted by atomic mass is 19.4. The van der Waals surface area contributed by atoms with Crippen molar-refractivity contribution >= 4 is 30.7 Å². The van der Waals surface area contributed by atoms with Crippen molar-refractivity contribution in [1.29, 1.82) is 0 Å². The van der Waals surface area contributed by atoms with Gasteiger partial charge < -0.3 is 41.4 Å². The van der Waals surface area contributed by atoms with Gasteiger partial charge in [-0.1, -0.05) is 96.0 Å². The second-order valence-corrected chi connectivity index (χ2v) is 21.0. The fourth-order valence-electron chi connectivity index (χ4n) is 10.9. The molecule has 13 nitrogen and oxygen atoms in total. The number of aliphatic hydroxyl groups is 1. The predicted octanol–water partition coefficient (Wildman–Crippen LogP) is 6.06. The Morgan fingerprint density at radius 3 is 2.06 bits per heavy atom. The minimum atomic E-state index is -4.81. The van der Waals surface area contributed by atoms with Crippen molar-refractivity contribution in [2.75, 3.05) is 6.54 Å². The van der Waals surface area contributed by atoms with E-state index in [0.29, 0.717) is 31.1 Å². The number of halogens is 3. The van der Waals surface area contributed by atoms with E-state index in [1.165, 1.54) is 31.5 Å². The first-order chi connectivity index (χ1) is 31.5. The molecule has 2 aromatic carbocycles. The number of nitrogens with one attached hydrogen (secondary N) is 5. The molecule has 0 aromatic heterocycles. The second kappa shape index (κ2) is 20.9. The number of carbonyl (C=O) groups is 4. The van der Waals surface area contributed by atoms with Crippen LogP contribution in [-0.2, 0) is 34.9 Å². The summed E-state index contributed by atoms with van der Waals surface area (Å²) in [5, 5.41) is 24.1. The molecule has 8 N–H and O–H groups in total. The van der Waals surface area contributed by atoms with E-state index in [4.69, 9.17) is 15.0 Å². The molecule has 2 aromatic rings. The van der Waals surface area contributed by atoms with Crippen LogP contribution in [0.25, 0.3) is 11.1 Å². The molecule has 2 bridgehead atoms. The Labute approximate surface area is 394 Å². The topological polar surface area (TPSA) is 193 Å². The van der Waals surface area contributed by atoms with Crippen molar-refractivity contribution in [2.45, 2.75) is 180 Å². The highest BCUT2D eigenvalue weighted by Crippen LogP contribution is 2.65. The molecule has 370 valence electrons. The normalized spacial score (nSPS) is 27.7. The molecule has 0 radical (unpaired) electrons. The Kier molecular flexibility index (Phi) is 16.3. The average Bonchev–Trinajstić information content (AvgIpc) is 3.90. The van der Waals surface area contributed by atoms with Gasteiger partial charge >= 0.3 is 13.3 Å². The number of alkyl halides is 3. The molecule has 4 aliphatic carbocycles. The van der Waals surface area contributed by atoms with Crippen LogP contribution in [0.2, 0.25) is 0 Å². The van der Waals surface area contributed by atoms with Gasteiger partial charge in [0.1, 0.15) is 23.7 Å². The SMILES string of the molecule is CCCCc1ccc(-c2ccc(C(N[C@@H](CCCCN)C(=O)N[C@H](C(=O)N[C@@H](C)C(=O)NC3(C(=O)N[C@@H](C)B4O[C@@H]5C[C@@H]6C[C@@H](C6(C)C)[C@]5(C)O4)CC3C(C)C)[C@@H](C)O)C(F)(F)F)cc2)cc1. The quantitative estimate of drug-likeness (QED) is 0.0543. The lowest BCUT2D eigenvalue weighted by Gasteiger charge is -2.64. The molecule has 4 amide bonds. The monoisotopic (exact) mass is 939 g/mol. The summed E-state index contributed by atoms with van der Waals surface area (Å²) in [6, 6.07) is 7.32. The zero-order chi connectivity index (χ0) is 49.2. The molecule has 1 aliphatic heterocycles. The lowest BCUT2D eigenvalue weighted by molar-refractivity contribution is -0.199. The van der Waals surface area contributed by atoms with E-state index >= 15 is 0 Å². The van der Waals surface area contributed by atoms with Crippen LogP contribution in [-0.4, -0.2) is 96.0 Å². The summed E-state index contributed by atoms with van der Waals surface area (Å²) in [5.74, 6) is -2.77. The molecular weight excluding hydrogens is 864 g/mol. The highest BCUT2D eigenvalue weighted by Gasteiger charge is 2.69. The Bertz CT molecular complexity index is 2060. The zero-order valence-electron chi connectivity index (χ0n) is 40.7. The average molecular weight is 939 g/mol. The Morgan fingerprint density at radius 1 is 0.866 bits per heavy atom. The lowest BCUT2D eigenvalue weighted by atomic mass is 9.43. The summed E-state index contributed by atoms with van der Waals surface area (Å²) < 4.78 is 57.4. The van der Waals surface area contributed by atoms with Gasteiger partial charge in [-0.2, -0.15) is 13.2 Å². The van der Waals surface area contributed by atoms with Crippen LogP contribution in [0.4, 0.5) is 13.2 Å². The van der Waals surface area contributed by atoms with Crippen LogP contribution < -0.4 is 32.3 Å². The predicted molar refractivity (Wildman–Crippen MR) is 252 cm³/mol. The maximum atomic E-state index is 14.8. The molecule has 12 atom stereocenters. The van der Waals surface area contributed by atoms with Gasteiger partial charge in [0.15, 0.2) is 0 Å². The number of hydrogen-bond donors (Lipinski definition) is 7. The van der Waals surface area contributed by atoms with Gasteiger partial charge in [-0.05, 0) is 131 Å². The summed E-state index contributed by atoms with van der Waals surface area (Å²) in [6.07, 6.45) is -0.302. The first kappa shape index (κ1) is 52.3. The Hall–Kier alpha value is -4.03. The molecule has 67 heavy (non-hydrogen) atoms. The van der Waals surface area contributed by atoms with Crippen LogP contribution in [0.3, 0.4) is 0 Å². The van der Waals surface area contributed by atoms with Gasteiger partial charge in [0.2, 0.25) is 23.6 Å². The number of aryl methyl sites for hydroxylation is 1. The molecule has 5 fully saturated rings. The van der Waals surface area contributed by atoms with Crippen molar-refractivity contribution in [2.24, 2.45) is 34.8 Å². The third-order valence-corrected chi connectivity index (χ3v) is 15.4. The number of aliphatic hydroxyl groups excluding tert-OH is 1. The van der Waals surface area contributed by atoms with Crippen molar-refractivity contribution in [1.82, 2.24) is 26.6 Å². The fraction of sp³-hybridized carbons (Fsp3) is 0.680. The highest BCUT2D eigenvalue weighted by molar-refractivity contribution is 6.47. The van der Waals surface area contributed by atoms with Crippen LogP contribution >= 0.6 is 0 Å². The molecular formula is C50H74BF3N6O7. The van der Waals surface area contributed by atoms with E-state index in [-0.39, 0.29) is 41.9 Å².